The predicted molar refractivity (Wildman–Crippen MR) is 130 cm³/mol. The van der Waals surface area contributed by atoms with Crippen molar-refractivity contribution in [2.24, 2.45) is 5.92 Å². The smallest absolute Gasteiger partial charge is 0.251 e. The van der Waals surface area contributed by atoms with Crippen LogP contribution in [-0.2, 0) is 16.0 Å². The molecule has 1 aliphatic heterocycles. The summed E-state index contributed by atoms with van der Waals surface area (Å²) >= 11 is 0. The fourth-order valence-electron chi connectivity index (χ4n) is 4.53. The van der Waals surface area contributed by atoms with E-state index in [0.29, 0.717) is 25.0 Å². The number of ether oxygens (including phenoxy) is 1. The fourth-order valence-corrected chi connectivity index (χ4v) is 4.53. The van der Waals surface area contributed by atoms with Crippen LogP contribution in [0.4, 0.5) is 0 Å². The molecule has 2 aromatic carbocycles. The molecule has 3 heterocycles. The molecule has 0 unspecified atom stereocenters. The van der Waals surface area contributed by atoms with E-state index in [2.05, 4.69) is 23.5 Å². The summed E-state index contributed by atoms with van der Waals surface area (Å²) in [6.07, 6.45) is 3.11. The lowest BCUT2D eigenvalue weighted by Crippen LogP contribution is -2.51. The highest BCUT2D eigenvalue weighted by Crippen LogP contribution is 2.28. The number of nitrogens with zero attached hydrogens (tertiary/aromatic N) is 2. The maximum absolute atomic E-state index is 12.9. The number of amides is 2. The number of fused-ring (bicyclic) bond motifs is 1. The van der Waals surface area contributed by atoms with E-state index in [4.69, 9.17) is 15.0 Å². The van der Waals surface area contributed by atoms with E-state index in [1.165, 1.54) is 0 Å². The van der Waals surface area contributed by atoms with Crippen LogP contribution in [0.1, 0.15) is 27.9 Å². The van der Waals surface area contributed by atoms with Gasteiger partial charge in [-0.05, 0) is 36.2 Å². The minimum atomic E-state index is -0.635. The van der Waals surface area contributed by atoms with E-state index >= 15 is 0 Å². The van der Waals surface area contributed by atoms with Gasteiger partial charge in [0.15, 0.2) is 0 Å². The molecule has 1 aliphatic rings. The van der Waals surface area contributed by atoms with E-state index in [1.54, 1.807) is 17.6 Å². The third-order valence-electron chi connectivity index (χ3n) is 6.41. The summed E-state index contributed by atoms with van der Waals surface area (Å²) in [6.45, 7) is 0.599. The molecule has 2 amide bonds. The normalized spacial score (nSPS) is 17.7. The average Bonchev–Trinajstić information content (AvgIpc) is 3.27. The highest BCUT2D eigenvalue weighted by Gasteiger charge is 2.33. The Hall–Kier alpha value is -4.01. The van der Waals surface area contributed by atoms with Crippen molar-refractivity contribution in [3.8, 4) is 11.3 Å². The van der Waals surface area contributed by atoms with Crippen LogP contribution in [0.5, 0.6) is 0 Å². The van der Waals surface area contributed by atoms with Gasteiger partial charge in [0.05, 0.1) is 23.7 Å². The van der Waals surface area contributed by atoms with Crippen LogP contribution in [0.3, 0.4) is 0 Å². The minimum absolute atomic E-state index is 0.152. The largest absolute Gasteiger partial charge is 0.380 e. The molecule has 2 aromatic heterocycles. The summed E-state index contributed by atoms with van der Waals surface area (Å²) in [5, 5.41) is 16.7. The van der Waals surface area contributed by atoms with Crippen molar-refractivity contribution < 1.29 is 19.5 Å². The Labute approximate surface area is 202 Å². The second-order valence-electron chi connectivity index (χ2n) is 8.62. The summed E-state index contributed by atoms with van der Waals surface area (Å²) in [6, 6.07) is 23.2. The Balaban J connectivity index is 1.35. The highest BCUT2D eigenvalue weighted by atomic mass is 16.5. The lowest BCUT2D eigenvalue weighted by molar-refractivity contribution is -0.138. The van der Waals surface area contributed by atoms with Crippen LogP contribution in [0.15, 0.2) is 79.0 Å². The minimum Gasteiger partial charge on any atom is -0.380 e. The topological polar surface area (TPSA) is 105 Å². The van der Waals surface area contributed by atoms with Crippen LogP contribution in [0, 0.1) is 5.92 Å². The van der Waals surface area contributed by atoms with Crippen LogP contribution in [0.2, 0.25) is 0 Å². The van der Waals surface area contributed by atoms with Crippen LogP contribution < -0.4 is 10.8 Å². The van der Waals surface area contributed by atoms with Gasteiger partial charge in [0.25, 0.3) is 11.8 Å². The summed E-state index contributed by atoms with van der Waals surface area (Å²) in [4.78, 5) is 24.8. The van der Waals surface area contributed by atoms with Crippen molar-refractivity contribution >= 4 is 17.3 Å². The Morgan fingerprint density at radius 2 is 1.80 bits per heavy atom. The summed E-state index contributed by atoms with van der Waals surface area (Å²) in [5.74, 6) is -1.46. The maximum Gasteiger partial charge on any atom is 0.251 e. The predicted octanol–water partition coefficient (Wildman–Crippen LogP) is 3.23. The van der Waals surface area contributed by atoms with E-state index in [0.717, 1.165) is 27.9 Å². The van der Waals surface area contributed by atoms with Gasteiger partial charge in [-0.2, -0.15) is 5.10 Å². The van der Waals surface area contributed by atoms with Crippen molar-refractivity contribution in [3.63, 3.8) is 0 Å². The van der Waals surface area contributed by atoms with Gasteiger partial charge >= 0.3 is 0 Å². The SMILES string of the molecule is O=C(N[C@@H]1CCOC[C@@H]1C(=O)NO)c1ccc(Cc2c(-c3ccccc3)nn3ccccc23)cc1. The summed E-state index contributed by atoms with van der Waals surface area (Å²) < 4.78 is 7.23. The zero-order valence-corrected chi connectivity index (χ0v) is 19.1. The molecule has 0 aliphatic carbocycles. The standard InChI is InChI=1S/C27H26N4O4/c32-26(28-23-13-15-35-17-22(23)27(33)30-34)20-11-9-18(10-12-20)16-21-24-8-4-5-14-31(24)29-25(21)19-6-2-1-3-7-19/h1-12,14,22-23,34H,13,15-17H2,(H,28,32)(H,30,33)/t22-,23+/m0/s1. The molecule has 35 heavy (non-hydrogen) atoms. The lowest BCUT2D eigenvalue weighted by atomic mass is 9.94. The van der Waals surface area contributed by atoms with Gasteiger partial charge < -0.3 is 10.1 Å². The molecule has 0 radical (unpaired) electrons. The number of hydroxylamine groups is 1. The molecule has 178 valence electrons. The molecule has 5 rings (SSSR count). The number of carbonyl (C=O) groups is 2. The highest BCUT2D eigenvalue weighted by molar-refractivity contribution is 5.95. The van der Waals surface area contributed by atoms with Crippen molar-refractivity contribution in [2.45, 2.75) is 18.9 Å². The van der Waals surface area contributed by atoms with Crippen molar-refractivity contribution in [1.29, 1.82) is 0 Å². The molecule has 2 atom stereocenters. The van der Waals surface area contributed by atoms with Gasteiger partial charge in [-0.1, -0.05) is 48.5 Å². The second kappa shape index (κ2) is 10.1. The Kier molecular flexibility index (Phi) is 6.56. The third kappa shape index (κ3) is 4.80. The Morgan fingerprint density at radius 3 is 2.57 bits per heavy atom. The molecular formula is C27H26N4O4. The zero-order valence-electron chi connectivity index (χ0n) is 19.1. The van der Waals surface area contributed by atoms with Gasteiger partial charge in [0.2, 0.25) is 0 Å². The number of rotatable bonds is 6. The number of carbonyl (C=O) groups excluding carboxylic acids is 2. The molecule has 0 saturated carbocycles. The van der Waals surface area contributed by atoms with Gasteiger partial charge in [-0.25, -0.2) is 10.00 Å². The lowest BCUT2D eigenvalue weighted by Gasteiger charge is -2.30. The van der Waals surface area contributed by atoms with Crippen LogP contribution >= 0.6 is 0 Å². The summed E-state index contributed by atoms with van der Waals surface area (Å²) in [7, 11) is 0. The molecule has 8 heteroatoms. The van der Waals surface area contributed by atoms with Crippen molar-refractivity contribution in [2.75, 3.05) is 13.2 Å². The molecule has 8 nitrogen and oxygen atoms in total. The number of nitrogens with one attached hydrogen (secondary N) is 2. The van der Waals surface area contributed by atoms with E-state index < -0.39 is 17.9 Å². The number of aromatic nitrogens is 2. The van der Waals surface area contributed by atoms with E-state index in [9.17, 15) is 9.59 Å². The fraction of sp³-hybridized carbons (Fsp3) is 0.222. The molecule has 0 bridgehead atoms. The molecule has 4 aromatic rings. The monoisotopic (exact) mass is 470 g/mol. The van der Waals surface area contributed by atoms with Gasteiger partial charge in [0.1, 0.15) is 0 Å². The molecular weight excluding hydrogens is 444 g/mol. The Morgan fingerprint density at radius 1 is 1.03 bits per heavy atom. The quantitative estimate of drug-likeness (QED) is 0.296. The van der Waals surface area contributed by atoms with E-state index in [1.807, 2.05) is 53.2 Å². The molecule has 0 spiro atoms. The molecule has 1 fully saturated rings. The zero-order chi connectivity index (χ0) is 24.2. The van der Waals surface area contributed by atoms with Gasteiger partial charge in [0, 0.05) is 42.0 Å². The van der Waals surface area contributed by atoms with E-state index in [-0.39, 0.29) is 12.5 Å². The number of pyridine rings is 1. The first-order valence-corrected chi connectivity index (χ1v) is 11.6. The number of hydrogen-bond acceptors (Lipinski definition) is 5. The van der Waals surface area contributed by atoms with Crippen LogP contribution in [-0.4, -0.2) is 45.9 Å². The molecule has 3 N–H and O–H groups in total. The van der Waals surface area contributed by atoms with Crippen LogP contribution in [0.25, 0.3) is 16.8 Å². The summed E-state index contributed by atoms with van der Waals surface area (Å²) in [5.41, 5.74) is 7.37. The van der Waals surface area contributed by atoms with Crippen molar-refractivity contribution in [1.82, 2.24) is 20.4 Å². The number of benzene rings is 2. The van der Waals surface area contributed by atoms with Gasteiger partial charge in [-0.3, -0.25) is 14.8 Å². The Bertz CT molecular complexity index is 1330. The average molecular weight is 471 g/mol. The van der Waals surface area contributed by atoms with Crippen molar-refractivity contribution in [3.05, 3.63) is 95.7 Å². The first-order chi connectivity index (χ1) is 17.1. The second-order valence-corrected chi connectivity index (χ2v) is 8.62. The third-order valence-corrected chi connectivity index (χ3v) is 6.41. The molecule has 1 saturated heterocycles. The first kappa shape index (κ1) is 22.8. The first-order valence-electron chi connectivity index (χ1n) is 11.6. The van der Waals surface area contributed by atoms with Gasteiger partial charge in [-0.15, -0.1) is 0 Å². The number of hydrogen-bond donors (Lipinski definition) is 3. The maximum atomic E-state index is 12.9.